The fraction of sp³-hybridized carbons (Fsp3) is 0.448. The summed E-state index contributed by atoms with van der Waals surface area (Å²) in [4.78, 5) is 26.5. The Balaban J connectivity index is 2.29. The maximum absolute atomic E-state index is 13.3. The Hall–Kier alpha value is -2.90. The molecule has 36 heavy (non-hydrogen) atoms. The Morgan fingerprint density at radius 1 is 0.889 bits per heavy atom. The molecule has 0 aliphatic rings. The molecule has 0 N–H and O–H groups in total. The maximum Gasteiger partial charge on any atom is 0.419 e. The molecule has 1 aromatic heterocycles. The van der Waals surface area contributed by atoms with E-state index in [0.717, 1.165) is 16.5 Å². The van der Waals surface area contributed by atoms with Gasteiger partial charge in [0.05, 0.1) is 18.7 Å². The number of nitrogens with zero attached hydrogens (tertiary/aromatic N) is 1. The lowest BCUT2D eigenvalue weighted by atomic mass is 9.89. The first kappa shape index (κ1) is 27.7. The number of carbonyl (C=O) groups excluding carboxylic acids is 2. The molecule has 0 unspecified atom stereocenters. The highest BCUT2D eigenvalue weighted by atomic mass is 28.4. The van der Waals surface area contributed by atoms with Crippen LogP contribution in [0.15, 0.2) is 60.8 Å². The van der Waals surface area contributed by atoms with Gasteiger partial charge in [-0.25, -0.2) is 4.79 Å². The minimum absolute atomic E-state index is 0.105. The van der Waals surface area contributed by atoms with Crippen molar-refractivity contribution in [2.45, 2.75) is 77.3 Å². The number of fused-ring (bicyclic) bond motifs is 1. The summed E-state index contributed by atoms with van der Waals surface area (Å²) >= 11 is 0. The van der Waals surface area contributed by atoms with Crippen LogP contribution in [0.4, 0.5) is 4.79 Å². The number of hydrogen-bond donors (Lipinski definition) is 0. The molecule has 194 valence electrons. The third-order valence-electron chi connectivity index (χ3n) is 6.78. The standard InChI is InChI=1S/C29H39NO5Si/c1-28(2,3)34-27(32)30-19-22(21-17-13-14-18-23(21)30)25(35-36(8,9)29(4,5)6)24(26(31)33-7)20-15-11-10-12-16-20/h10-19,24-25H,1-9H3/t24-,25+/m0/s1. The fourth-order valence-corrected chi connectivity index (χ4v) is 5.17. The number of ether oxygens (including phenoxy) is 2. The summed E-state index contributed by atoms with van der Waals surface area (Å²) in [5.41, 5.74) is 1.59. The number of para-hydroxylation sites is 1. The zero-order valence-corrected chi connectivity index (χ0v) is 23.9. The molecule has 6 nitrogen and oxygen atoms in total. The van der Waals surface area contributed by atoms with Crippen molar-refractivity contribution in [3.8, 4) is 0 Å². The van der Waals surface area contributed by atoms with Crippen LogP contribution < -0.4 is 0 Å². The van der Waals surface area contributed by atoms with Crippen molar-refractivity contribution in [1.82, 2.24) is 4.57 Å². The smallest absolute Gasteiger partial charge is 0.419 e. The molecule has 2 atom stereocenters. The van der Waals surface area contributed by atoms with Crippen molar-refractivity contribution < 1.29 is 23.5 Å². The summed E-state index contributed by atoms with van der Waals surface area (Å²) in [5, 5.41) is 0.725. The van der Waals surface area contributed by atoms with Gasteiger partial charge in [-0.2, -0.15) is 0 Å². The lowest BCUT2D eigenvalue weighted by Crippen LogP contribution is -2.43. The molecule has 3 aromatic rings. The molecule has 0 fully saturated rings. The van der Waals surface area contributed by atoms with Crippen LogP contribution in [0.3, 0.4) is 0 Å². The number of methoxy groups -OCH3 is 1. The monoisotopic (exact) mass is 509 g/mol. The zero-order valence-electron chi connectivity index (χ0n) is 22.9. The minimum atomic E-state index is -2.38. The average molecular weight is 510 g/mol. The third kappa shape index (κ3) is 5.90. The predicted molar refractivity (Wildman–Crippen MR) is 146 cm³/mol. The molecule has 0 aliphatic heterocycles. The molecule has 0 saturated carbocycles. The van der Waals surface area contributed by atoms with Gasteiger partial charge in [0.1, 0.15) is 11.5 Å². The van der Waals surface area contributed by atoms with Gasteiger partial charge in [-0.1, -0.05) is 69.3 Å². The van der Waals surface area contributed by atoms with E-state index in [9.17, 15) is 9.59 Å². The van der Waals surface area contributed by atoms with Gasteiger partial charge in [0.15, 0.2) is 8.32 Å². The summed E-state index contributed by atoms with van der Waals surface area (Å²) in [7, 11) is -0.987. The van der Waals surface area contributed by atoms with Crippen LogP contribution in [-0.4, -0.2) is 37.7 Å². The van der Waals surface area contributed by atoms with Gasteiger partial charge >= 0.3 is 12.1 Å². The maximum atomic E-state index is 13.3. The summed E-state index contributed by atoms with van der Waals surface area (Å²) in [6.45, 7) is 16.3. The molecule has 1 heterocycles. The van der Waals surface area contributed by atoms with Crippen molar-refractivity contribution in [2.24, 2.45) is 0 Å². The van der Waals surface area contributed by atoms with Crippen LogP contribution in [0.1, 0.15) is 64.7 Å². The molecule has 3 rings (SSSR count). The topological polar surface area (TPSA) is 66.8 Å². The van der Waals surface area contributed by atoms with E-state index in [2.05, 4.69) is 33.9 Å². The molecule has 0 bridgehead atoms. The Labute approximate surface area is 215 Å². The zero-order chi connectivity index (χ0) is 26.9. The number of carbonyl (C=O) groups is 2. The minimum Gasteiger partial charge on any atom is -0.468 e. The van der Waals surface area contributed by atoms with E-state index in [1.807, 2.05) is 75.4 Å². The summed E-state index contributed by atoms with van der Waals surface area (Å²) in [6.07, 6.45) is 0.606. The second-order valence-electron chi connectivity index (χ2n) is 11.7. The molecule has 0 radical (unpaired) electrons. The van der Waals surface area contributed by atoms with E-state index >= 15 is 0 Å². The molecule has 7 heteroatoms. The summed E-state index contributed by atoms with van der Waals surface area (Å²) in [5.74, 6) is -1.11. The highest BCUT2D eigenvalue weighted by Gasteiger charge is 2.44. The normalized spacial score (nSPS) is 14.4. The third-order valence-corrected chi connectivity index (χ3v) is 11.2. The second kappa shape index (κ2) is 10.2. The van der Waals surface area contributed by atoms with Crippen LogP contribution in [-0.2, 0) is 18.7 Å². The Morgan fingerprint density at radius 2 is 1.47 bits per heavy atom. The number of aromatic nitrogens is 1. The molecule has 2 aromatic carbocycles. The highest BCUT2D eigenvalue weighted by molar-refractivity contribution is 6.74. The lowest BCUT2D eigenvalue weighted by molar-refractivity contribution is -0.145. The van der Waals surface area contributed by atoms with Gasteiger partial charge in [0.25, 0.3) is 0 Å². The van der Waals surface area contributed by atoms with Crippen LogP contribution in [0.5, 0.6) is 0 Å². The first-order valence-corrected chi connectivity index (χ1v) is 15.2. The van der Waals surface area contributed by atoms with Crippen molar-refractivity contribution >= 4 is 31.3 Å². The second-order valence-corrected chi connectivity index (χ2v) is 16.4. The van der Waals surface area contributed by atoms with Crippen LogP contribution in [0.2, 0.25) is 18.1 Å². The lowest BCUT2D eigenvalue weighted by Gasteiger charge is -2.41. The molecular weight excluding hydrogens is 470 g/mol. The van der Waals surface area contributed by atoms with Crippen LogP contribution in [0, 0.1) is 0 Å². The van der Waals surface area contributed by atoms with Gasteiger partial charge in [-0.15, -0.1) is 0 Å². The summed E-state index contributed by atoms with van der Waals surface area (Å²) in [6, 6.07) is 17.2. The van der Waals surface area contributed by atoms with E-state index < -0.39 is 32.0 Å². The van der Waals surface area contributed by atoms with E-state index in [1.165, 1.54) is 11.7 Å². The molecule has 0 saturated heterocycles. The van der Waals surface area contributed by atoms with Gasteiger partial charge in [0, 0.05) is 17.1 Å². The largest absolute Gasteiger partial charge is 0.468 e. The SMILES string of the molecule is COC(=O)[C@@H](c1ccccc1)[C@H](O[Si](C)(C)C(C)(C)C)c1cn(C(=O)OC(C)(C)C)c2ccccc12. The number of hydrogen-bond acceptors (Lipinski definition) is 5. The highest BCUT2D eigenvalue weighted by Crippen LogP contribution is 2.46. The van der Waals surface area contributed by atoms with E-state index in [0.29, 0.717) is 5.52 Å². The molecule has 0 spiro atoms. The Kier molecular flexibility index (Phi) is 7.86. The van der Waals surface area contributed by atoms with Gasteiger partial charge in [-0.3, -0.25) is 9.36 Å². The van der Waals surface area contributed by atoms with E-state index in [1.54, 1.807) is 6.20 Å². The summed E-state index contributed by atoms with van der Waals surface area (Å²) < 4.78 is 19.5. The van der Waals surface area contributed by atoms with Gasteiger partial charge in [-0.05, 0) is 50.5 Å². The van der Waals surface area contributed by atoms with Crippen molar-refractivity contribution in [2.75, 3.05) is 7.11 Å². The quantitative estimate of drug-likeness (QED) is 0.255. The Bertz CT molecular complexity index is 1220. The van der Waals surface area contributed by atoms with Gasteiger partial charge in [0.2, 0.25) is 0 Å². The number of esters is 1. The number of rotatable bonds is 6. The first-order chi connectivity index (χ1) is 16.7. The van der Waals surface area contributed by atoms with E-state index in [4.69, 9.17) is 13.9 Å². The molecular formula is C29H39NO5Si. The van der Waals surface area contributed by atoms with Crippen molar-refractivity contribution in [1.29, 1.82) is 0 Å². The van der Waals surface area contributed by atoms with Crippen molar-refractivity contribution in [3.63, 3.8) is 0 Å². The first-order valence-electron chi connectivity index (χ1n) is 12.3. The van der Waals surface area contributed by atoms with Crippen molar-refractivity contribution in [3.05, 3.63) is 71.9 Å². The fourth-order valence-electron chi connectivity index (χ4n) is 3.92. The van der Waals surface area contributed by atoms with Gasteiger partial charge < -0.3 is 13.9 Å². The number of benzene rings is 2. The van der Waals surface area contributed by atoms with Crippen LogP contribution in [0.25, 0.3) is 10.9 Å². The molecule has 0 aliphatic carbocycles. The van der Waals surface area contributed by atoms with Crippen LogP contribution >= 0.6 is 0 Å². The predicted octanol–water partition coefficient (Wildman–Crippen LogP) is 7.44. The average Bonchev–Trinajstić information content (AvgIpc) is 3.17. The Morgan fingerprint density at radius 3 is 2.03 bits per heavy atom. The molecule has 0 amide bonds. The van der Waals surface area contributed by atoms with E-state index in [-0.39, 0.29) is 11.0 Å².